The highest BCUT2D eigenvalue weighted by molar-refractivity contribution is 5.71. The summed E-state index contributed by atoms with van der Waals surface area (Å²) in [5.41, 5.74) is 0. The molecule has 0 bridgehead atoms. The Morgan fingerprint density at radius 2 is 0.547 bits per heavy atom. The second kappa shape index (κ2) is 62.1. The van der Waals surface area contributed by atoms with Crippen LogP contribution in [-0.2, 0) is 28.6 Å². The fraction of sp³-hybridized carbons (Fsp3) is 0.638. The molecule has 0 aromatic carbocycles. The largest absolute Gasteiger partial charge is 0.462 e. The van der Waals surface area contributed by atoms with Gasteiger partial charge in [0.1, 0.15) is 13.2 Å². The molecule has 0 amide bonds. The first-order chi connectivity index (χ1) is 37.0. The van der Waals surface area contributed by atoms with Gasteiger partial charge in [0.2, 0.25) is 0 Å². The lowest BCUT2D eigenvalue weighted by Gasteiger charge is -2.18. The zero-order valence-electron chi connectivity index (χ0n) is 48.5. The van der Waals surface area contributed by atoms with Crippen LogP contribution in [0.25, 0.3) is 0 Å². The molecule has 6 nitrogen and oxygen atoms in total. The van der Waals surface area contributed by atoms with E-state index in [-0.39, 0.29) is 37.5 Å². The second-order valence-electron chi connectivity index (χ2n) is 19.9. The zero-order chi connectivity index (χ0) is 54.3. The summed E-state index contributed by atoms with van der Waals surface area (Å²) >= 11 is 0. The van der Waals surface area contributed by atoms with E-state index in [9.17, 15) is 14.4 Å². The van der Waals surface area contributed by atoms with Crippen LogP contribution in [-0.4, -0.2) is 37.2 Å². The van der Waals surface area contributed by atoms with E-state index in [0.29, 0.717) is 19.3 Å². The minimum absolute atomic E-state index is 0.114. The van der Waals surface area contributed by atoms with E-state index in [0.717, 1.165) is 109 Å². The molecule has 1 atom stereocenters. The lowest BCUT2D eigenvalue weighted by atomic mass is 10.1. The molecule has 0 aliphatic heterocycles. The highest BCUT2D eigenvalue weighted by Crippen LogP contribution is 2.14. The summed E-state index contributed by atoms with van der Waals surface area (Å²) in [6.45, 7) is 6.40. The van der Waals surface area contributed by atoms with E-state index < -0.39 is 6.10 Å². The van der Waals surface area contributed by atoms with Crippen LogP contribution >= 0.6 is 0 Å². The average molecular weight is 1040 g/mol. The number of hydrogen-bond donors (Lipinski definition) is 0. The van der Waals surface area contributed by atoms with E-state index in [1.165, 1.54) is 109 Å². The molecule has 0 unspecified atom stereocenters. The molecule has 0 radical (unpaired) electrons. The van der Waals surface area contributed by atoms with Crippen molar-refractivity contribution in [3.63, 3.8) is 0 Å². The van der Waals surface area contributed by atoms with Crippen molar-refractivity contribution in [3.8, 4) is 0 Å². The Hall–Kier alpha value is -4.45. The number of allylic oxidation sites excluding steroid dienone is 22. The van der Waals surface area contributed by atoms with Gasteiger partial charge in [-0.2, -0.15) is 0 Å². The van der Waals surface area contributed by atoms with Crippen LogP contribution in [0.5, 0.6) is 0 Å². The minimum Gasteiger partial charge on any atom is -0.462 e. The second-order valence-corrected chi connectivity index (χ2v) is 19.9. The summed E-state index contributed by atoms with van der Waals surface area (Å²) in [6, 6.07) is 0. The van der Waals surface area contributed by atoms with Crippen molar-refractivity contribution in [3.05, 3.63) is 134 Å². The van der Waals surface area contributed by atoms with Crippen molar-refractivity contribution in [1.82, 2.24) is 0 Å². The molecule has 0 saturated heterocycles. The molecule has 0 aliphatic carbocycles. The van der Waals surface area contributed by atoms with Gasteiger partial charge in [-0.3, -0.25) is 14.4 Å². The summed E-state index contributed by atoms with van der Waals surface area (Å²) < 4.78 is 16.8. The van der Waals surface area contributed by atoms with Gasteiger partial charge < -0.3 is 14.2 Å². The number of carbonyl (C=O) groups is 3. The van der Waals surface area contributed by atoms with Crippen LogP contribution in [0.4, 0.5) is 0 Å². The molecular weight excluding hydrogens is 925 g/mol. The molecule has 0 saturated carbocycles. The van der Waals surface area contributed by atoms with Crippen molar-refractivity contribution in [2.45, 2.75) is 271 Å². The summed E-state index contributed by atoms with van der Waals surface area (Å²) in [4.78, 5) is 38.3. The Balaban J connectivity index is 4.54. The van der Waals surface area contributed by atoms with E-state index in [1.807, 2.05) is 6.08 Å². The zero-order valence-corrected chi connectivity index (χ0v) is 48.5. The van der Waals surface area contributed by atoms with E-state index in [2.05, 4.69) is 148 Å². The van der Waals surface area contributed by atoms with Gasteiger partial charge in [0.15, 0.2) is 6.10 Å². The topological polar surface area (TPSA) is 78.9 Å². The quantitative estimate of drug-likeness (QED) is 0.0261. The van der Waals surface area contributed by atoms with Gasteiger partial charge in [0.25, 0.3) is 0 Å². The number of unbranched alkanes of at least 4 members (excludes halogenated alkanes) is 21. The standard InChI is InChI=1S/C69H112O6/c1-4-7-10-13-16-19-22-25-28-31-34-37-40-43-46-49-52-55-58-61-67(70)73-64-66(75-69(72)63-60-57-54-51-48-45-42-39-36-33-30-27-24-21-18-15-12-9-6-3)65-74-68(71)62-59-56-53-50-47-44-41-38-35-32-29-26-23-20-17-14-11-8-5-2/h7,10,16-21,25-30,34-35,37-38,43,46,52,55,66H,4-6,8-9,11-15,22-24,31-33,36,39-42,44-45,47-51,53-54,56-65H2,1-3H3/b10-7-,19-16-,20-17-,21-18-,28-25-,29-26-,30-27-,37-34-,38-35-,46-43-,55-52-/t66-/m0/s1. The summed E-state index contributed by atoms with van der Waals surface area (Å²) in [5, 5.41) is 0. The summed E-state index contributed by atoms with van der Waals surface area (Å²) in [7, 11) is 0. The summed E-state index contributed by atoms with van der Waals surface area (Å²) in [6.07, 6.45) is 87.4. The molecule has 0 N–H and O–H groups in total. The van der Waals surface area contributed by atoms with Gasteiger partial charge in [0, 0.05) is 19.3 Å². The van der Waals surface area contributed by atoms with Gasteiger partial charge in [0.05, 0.1) is 0 Å². The number of ether oxygens (including phenoxy) is 3. The number of carbonyl (C=O) groups excluding carboxylic acids is 3. The number of esters is 3. The molecule has 0 fully saturated rings. The smallest absolute Gasteiger partial charge is 0.306 e. The third-order valence-corrected chi connectivity index (χ3v) is 12.6. The fourth-order valence-corrected chi connectivity index (χ4v) is 8.03. The molecule has 0 spiro atoms. The lowest BCUT2D eigenvalue weighted by molar-refractivity contribution is -0.166. The summed E-state index contributed by atoms with van der Waals surface area (Å²) in [5.74, 6) is -1.02. The van der Waals surface area contributed by atoms with E-state index >= 15 is 0 Å². The van der Waals surface area contributed by atoms with Crippen LogP contribution in [0.3, 0.4) is 0 Å². The highest BCUT2D eigenvalue weighted by Gasteiger charge is 2.19. The first-order valence-electron chi connectivity index (χ1n) is 30.7. The lowest BCUT2D eigenvalue weighted by Crippen LogP contribution is -2.30. The van der Waals surface area contributed by atoms with Crippen molar-refractivity contribution < 1.29 is 28.6 Å². The van der Waals surface area contributed by atoms with Crippen molar-refractivity contribution in [2.75, 3.05) is 13.2 Å². The molecule has 0 aliphatic rings. The Labute approximate surface area is 462 Å². The average Bonchev–Trinajstić information content (AvgIpc) is 3.41. The van der Waals surface area contributed by atoms with Crippen molar-refractivity contribution in [1.29, 1.82) is 0 Å². The van der Waals surface area contributed by atoms with E-state index in [1.54, 1.807) is 0 Å². The number of rotatable bonds is 54. The van der Waals surface area contributed by atoms with Gasteiger partial charge in [-0.1, -0.05) is 251 Å². The van der Waals surface area contributed by atoms with Crippen LogP contribution in [0.1, 0.15) is 265 Å². The normalized spacial score (nSPS) is 13.1. The molecule has 75 heavy (non-hydrogen) atoms. The van der Waals surface area contributed by atoms with Crippen molar-refractivity contribution in [2.24, 2.45) is 0 Å². The maximum atomic E-state index is 12.9. The minimum atomic E-state index is -0.823. The Morgan fingerprint density at radius 1 is 0.280 bits per heavy atom. The molecule has 0 rings (SSSR count). The highest BCUT2D eigenvalue weighted by atomic mass is 16.6. The fourth-order valence-electron chi connectivity index (χ4n) is 8.03. The molecule has 6 heteroatoms. The molecule has 424 valence electrons. The van der Waals surface area contributed by atoms with Crippen LogP contribution < -0.4 is 0 Å². The number of hydrogen-bond acceptors (Lipinski definition) is 6. The first kappa shape index (κ1) is 70.5. The Bertz CT molecular complexity index is 1620. The van der Waals surface area contributed by atoms with Crippen molar-refractivity contribution >= 4 is 17.9 Å². The third kappa shape index (κ3) is 60.3. The predicted octanol–water partition coefficient (Wildman–Crippen LogP) is 21.0. The van der Waals surface area contributed by atoms with Gasteiger partial charge >= 0.3 is 17.9 Å². The van der Waals surface area contributed by atoms with Crippen LogP contribution in [0.2, 0.25) is 0 Å². The maximum Gasteiger partial charge on any atom is 0.306 e. The SMILES string of the molecule is CC/C=C\C/C=C\C/C=C\C/C=C\C/C=C\C/C=C\CCC(=O)OC[C@@H](COC(=O)CCCCCCCC/C=C\C/C=C\C/C=C\CCCCC)OC(=O)CCCCCCCCCCC/C=C\C/C=C\CCCCC. The van der Waals surface area contributed by atoms with Crippen LogP contribution in [0, 0.1) is 0 Å². The maximum absolute atomic E-state index is 12.9. The molecule has 0 heterocycles. The van der Waals surface area contributed by atoms with Gasteiger partial charge in [-0.25, -0.2) is 0 Å². The van der Waals surface area contributed by atoms with Crippen LogP contribution in [0.15, 0.2) is 134 Å². The van der Waals surface area contributed by atoms with Gasteiger partial charge in [-0.15, -0.1) is 0 Å². The molecule has 0 aromatic rings. The predicted molar refractivity (Wildman–Crippen MR) is 325 cm³/mol. The first-order valence-corrected chi connectivity index (χ1v) is 30.7. The molecular formula is C69H112O6. The van der Waals surface area contributed by atoms with Gasteiger partial charge in [-0.05, 0) is 128 Å². The third-order valence-electron chi connectivity index (χ3n) is 12.6. The monoisotopic (exact) mass is 1040 g/mol. The Kier molecular flexibility index (Phi) is 58.4. The van der Waals surface area contributed by atoms with E-state index in [4.69, 9.17) is 14.2 Å². The molecule has 0 aromatic heterocycles. The Morgan fingerprint density at radius 3 is 0.893 bits per heavy atom.